The average molecular weight is 196 g/mol. The van der Waals surface area contributed by atoms with Crippen LogP contribution in [0.25, 0.3) is 0 Å². The molecule has 0 heteroatoms. The largest absolute Gasteiger partial charge is 0.0853 e. The quantitative estimate of drug-likeness (QED) is 0.388. The van der Waals surface area contributed by atoms with Crippen LogP contribution in [0.4, 0.5) is 0 Å². The summed E-state index contributed by atoms with van der Waals surface area (Å²) in [4.78, 5) is 0. The fourth-order valence-electron chi connectivity index (χ4n) is 1.81. The second-order valence-corrected chi connectivity index (χ2v) is 5.20. The minimum absolute atomic E-state index is 0.807. The van der Waals surface area contributed by atoms with Gasteiger partial charge in [-0.2, -0.15) is 0 Å². The molecule has 14 heavy (non-hydrogen) atoms. The van der Waals surface area contributed by atoms with E-state index in [0.29, 0.717) is 0 Å². The summed E-state index contributed by atoms with van der Waals surface area (Å²) in [6.45, 7) is 11.5. The average Bonchev–Trinajstić information content (AvgIpc) is 2.02. The van der Waals surface area contributed by atoms with Crippen LogP contribution in [0.2, 0.25) is 0 Å². The SMILES string of the molecule is CCCCC=C(CC(C)C)CC(C)C. The highest BCUT2D eigenvalue weighted by Gasteiger charge is 2.03. The molecule has 0 aromatic carbocycles. The third-order valence-electron chi connectivity index (χ3n) is 2.33. The van der Waals surface area contributed by atoms with Crippen molar-refractivity contribution in [1.82, 2.24) is 0 Å². The normalized spacial score (nSPS) is 11.1. The topological polar surface area (TPSA) is 0 Å². The molecule has 0 fully saturated rings. The third-order valence-corrected chi connectivity index (χ3v) is 2.33. The summed E-state index contributed by atoms with van der Waals surface area (Å²) in [5.74, 6) is 1.61. The van der Waals surface area contributed by atoms with Gasteiger partial charge >= 0.3 is 0 Å². The van der Waals surface area contributed by atoms with Crippen LogP contribution in [0.15, 0.2) is 11.6 Å². The van der Waals surface area contributed by atoms with E-state index in [9.17, 15) is 0 Å². The summed E-state index contributed by atoms with van der Waals surface area (Å²) in [5.41, 5.74) is 1.68. The summed E-state index contributed by atoms with van der Waals surface area (Å²) in [6.07, 6.45) is 9.02. The number of hydrogen-bond donors (Lipinski definition) is 0. The van der Waals surface area contributed by atoms with Gasteiger partial charge in [0, 0.05) is 0 Å². The van der Waals surface area contributed by atoms with E-state index in [1.807, 2.05) is 0 Å². The van der Waals surface area contributed by atoms with Crippen LogP contribution < -0.4 is 0 Å². The maximum absolute atomic E-state index is 2.49. The van der Waals surface area contributed by atoms with Gasteiger partial charge in [0.25, 0.3) is 0 Å². The molecule has 0 aromatic heterocycles. The first-order valence-electron chi connectivity index (χ1n) is 6.24. The van der Waals surface area contributed by atoms with Gasteiger partial charge in [-0.3, -0.25) is 0 Å². The second-order valence-electron chi connectivity index (χ2n) is 5.20. The van der Waals surface area contributed by atoms with Crippen molar-refractivity contribution >= 4 is 0 Å². The van der Waals surface area contributed by atoms with Crippen molar-refractivity contribution in [1.29, 1.82) is 0 Å². The van der Waals surface area contributed by atoms with Crippen molar-refractivity contribution in [2.75, 3.05) is 0 Å². The Hall–Kier alpha value is -0.260. The van der Waals surface area contributed by atoms with Crippen molar-refractivity contribution < 1.29 is 0 Å². The fourth-order valence-corrected chi connectivity index (χ4v) is 1.81. The van der Waals surface area contributed by atoms with E-state index in [0.717, 1.165) is 11.8 Å². The van der Waals surface area contributed by atoms with Crippen LogP contribution in [0.5, 0.6) is 0 Å². The first-order chi connectivity index (χ1) is 6.56. The minimum Gasteiger partial charge on any atom is -0.0853 e. The Morgan fingerprint density at radius 2 is 1.50 bits per heavy atom. The molecule has 84 valence electrons. The standard InChI is InChI=1S/C14H28/c1-6-7-8-9-14(10-12(2)3)11-13(4)5/h9,12-13H,6-8,10-11H2,1-5H3. The van der Waals surface area contributed by atoms with Gasteiger partial charge in [-0.25, -0.2) is 0 Å². The molecule has 0 atom stereocenters. The summed E-state index contributed by atoms with van der Waals surface area (Å²) in [7, 11) is 0. The van der Waals surface area contributed by atoms with Gasteiger partial charge in [0.1, 0.15) is 0 Å². The molecule has 0 spiro atoms. The first-order valence-corrected chi connectivity index (χ1v) is 6.24. The van der Waals surface area contributed by atoms with Gasteiger partial charge in [0.2, 0.25) is 0 Å². The predicted molar refractivity (Wildman–Crippen MR) is 66.5 cm³/mol. The van der Waals surface area contributed by atoms with E-state index in [1.165, 1.54) is 32.1 Å². The zero-order valence-corrected chi connectivity index (χ0v) is 10.8. The molecular weight excluding hydrogens is 168 g/mol. The van der Waals surface area contributed by atoms with Crippen LogP contribution in [-0.4, -0.2) is 0 Å². The lowest BCUT2D eigenvalue weighted by Gasteiger charge is -2.12. The Balaban J connectivity index is 4.01. The lowest BCUT2D eigenvalue weighted by molar-refractivity contribution is 0.567. The number of unbranched alkanes of at least 4 members (excludes halogenated alkanes) is 2. The molecular formula is C14H28. The second kappa shape index (κ2) is 8.08. The molecule has 0 aliphatic carbocycles. The Morgan fingerprint density at radius 1 is 1.00 bits per heavy atom. The Labute approximate surface area is 90.8 Å². The van der Waals surface area contributed by atoms with Crippen molar-refractivity contribution in [3.8, 4) is 0 Å². The van der Waals surface area contributed by atoms with E-state index in [2.05, 4.69) is 40.7 Å². The Morgan fingerprint density at radius 3 is 1.86 bits per heavy atom. The van der Waals surface area contributed by atoms with E-state index in [-0.39, 0.29) is 0 Å². The van der Waals surface area contributed by atoms with Crippen molar-refractivity contribution in [2.45, 2.75) is 66.7 Å². The molecule has 0 nitrogen and oxygen atoms in total. The zero-order valence-electron chi connectivity index (χ0n) is 10.8. The van der Waals surface area contributed by atoms with E-state index >= 15 is 0 Å². The molecule has 0 heterocycles. The summed E-state index contributed by atoms with van der Waals surface area (Å²) in [6, 6.07) is 0. The van der Waals surface area contributed by atoms with E-state index in [4.69, 9.17) is 0 Å². The van der Waals surface area contributed by atoms with Crippen LogP contribution in [0.3, 0.4) is 0 Å². The van der Waals surface area contributed by atoms with Crippen LogP contribution >= 0.6 is 0 Å². The number of hydrogen-bond acceptors (Lipinski definition) is 0. The molecule has 0 saturated heterocycles. The number of rotatable bonds is 7. The predicted octanol–water partition coefficient (Wildman–Crippen LogP) is 5.20. The maximum atomic E-state index is 2.49. The van der Waals surface area contributed by atoms with Crippen LogP contribution in [0, 0.1) is 11.8 Å². The molecule has 0 radical (unpaired) electrons. The van der Waals surface area contributed by atoms with Gasteiger partial charge in [-0.15, -0.1) is 0 Å². The van der Waals surface area contributed by atoms with Gasteiger partial charge in [0.15, 0.2) is 0 Å². The van der Waals surface area contributed by atoms with Crippen LogP contribution in [0.1, 0.15) is 66.7 Å². The summed E-state index contributed by atoms with van der Waals surface area (Å²) in [5, 5.41) is 0. The van der Waals surface area contributed by atoms with E-state index in [1.54, 1.807) is 5.57 Å². The lowest BCUT2D eigenvalue weighted by atomic mass is 9.94. The zero-order chi connectivity index (χ0) is 11.0. The molecule has 0 aliphatic heterocycles. The maximum Gasteiger partial charge on any atom is -0.0297 e. The Kier molecular flexibility index (Phi) is 7.93. The molecule has 0 amide bonds. The lowest BCUT2D eigenvalue weighted by Crippen LogP contribution is -1.97. The molecule has 0 unspecified atom stereocenters. The molecule has 0 bridgehead atoms. The highest BCUT2D eigenvalue weighted by atomic mass is 14.1. The van der Waals surface area contributed by atoms with Gasteiger partial charge in [-0.05, 0) is 31.1 Å². The first kappa shape index (κ1) is 13.7. The molecule has 0 aliphatic rings. The van der Waals surface area contributed by atoms with Crippen molar-refractivity contribution in [3.63, 3.8) is 0 Å². The van der Waals surface area contributed by atoms with E-state index < -0.39 is 0 Å². The molecule has 0 N–H and O–H groups in total. The van der Waals surface area contributed by atoms with Crippen molar-refractivity contribution in [2.24, 2.45) is 11.8 Å². The van der Waals surface area contributed by atoms with Gasteiger partial charge in [0.05, 0.1) is 0 Å². The monoisotopic (exact) mass is 196 g/mol. The highest BCUT2D eigenvalue weighted by molar-refractivity contribution is 5.03. The smallest absolute Gasteiger partial charge is 0.0297 e. The Bertz CT molecular complexity index is 139. The van der Waals surface area contributed by atoms with Crippen LogP contribution in [-0.2, 0) is 0 Å². The third kappa shape index (κ3) is 8.34. The van der Waals surface area contributed by atoms with Gasteiger partial charge in [-0.1, -0.05) is 59.1 Å². The molecule has 0 aromatic rings. The highest BCUT2D eigenvalue weighted by Crippen LogP contribution is 2.20. The summed E-state index contributed by atoms with van der Waals surface area (Å²) >= 11 is 0. The fraction of sp³-hybridized carbons (Fsp3) is 0.857. The van der Waals surface area contributed by atoms with Crippen molar-refractivity contribution in [3.05, 3.63) is 11.6 Å². The molecule has 0 saturated carbocycles. The summed E-state index contributed by atoms with van der Waals surface area (Å²) < 4.78 is 0. The molecule has 0 rings (SSSR count). The minimum atomic E-state index is 0.807. The van der Waals surface area contributed by atoms with Gasteiger partial charge < -0.3 is 0 Å². The number of allylic oxidation sites excluding steroid dienone is 2.